The van der Waals surface area contributed by atoms with Crippen LogP contribution < -0.4 is 10.7 Å². The van der Waals surface area contributed by atoms with E-state index in [1.807, 2.05) is 0 Å². The Balaban J connectivity index is 2.02. The van der Waals surface area contributed by atoms with Crippen LogP contribution in [0.2, 0.25) is 0 Å². The fourth-order valence-corrected chi connectivity index (χ4v) is 1.35. The Bertz CT molecular complexity index is 416. The highest BCUT2D eigenvalue weighted by molar-refractivity contribution is 5.94. The number of hydrogen-bond donors (Lipinski definition) is 2. The van der Waals surface area contributed by atoms with Gasteiger partial charge in [-0.15, -0.1) is 0 Å². The van der Waals surface area contributed by atoms with Crippen molar-refractivity contribution in [2.75, 3.05) is 13.1 Å². The SMILES string of the molecule is Cc1nonc1C(=O)NN1CCCNC1=O. The van der Waals surface area contributed by atoms with Gasteiger partial charge in [-0.05, 0) is 18.5 Å². The first-order valence-electron chi connectivity index (χ1n) is 4.84. The third-order valence-electron chi connectivity index (χ3n) is 2.18. The molecular weight excluding hydrogens is 214 g/mol. The van der Waals surface area contributed by atoms with E-state index in [0.717, 1.165) is 6.42 Å². The third-order valence-corrected chi connectivity index (χ3v) is 2.18. The molecule has 0 saturated carbocycles. The third kappa shape index (κ3) is 1.95. The standard InChI is InChI=1S/C8H11N5O3/c1-5-6(12-16-11-5)7(14)10-13-4-2-3-9-8(13)15/h2-4H2,1H3,(H,9,15)(H,10,14). The number of nitrogens with one attached hydrogen (secondary N) is 2. The topological polar surface area (TPSA) is 100 Å². The zero-order valence-electron chi connectivity index (χ0n) is 8.69. The van der Waals surface area contributed by atoms with Gasteiger partial charge in [-0.3, -0.25) is 10.2 Å². The van der Waals surface area contributed by atoms with Crippen LogP contribution in [0.1, 0.15) is 22.6 Å². The largest absolute Gasteiger partial charge is 0.336 e. The predicted octanol–water partition coefficient (Wildman–Crippen LogP) is -0.562. The van der Waals surface area contributed by atoms with E-state index in [4.69, 9.17) is 0 Å². The van der Waals surface area contributed by atoms with E-state index in [0.29, 0.717) is 18.8 Å². The molecule has 2 N–H and O–H groups in total. The first-order chi connectivity index (χ1) is 7.68. The van der Waals surface area contributed by atoms with Gasteiger partial charge in [-0.2, -0.15) is 0 Å². The minimum absolute atomic E-state index is 0.0818. The number of carbonyl (C=O) groups is 2. The summed E-state index contributed by atoms with van der Waals surface area (Å²) in [6.45, 7) is 2.69. The van der Waals surface area contributed by atoms with Crippen molar-refractivity contribution >= 4 is 11.9 Å². The zero-order valence-corrected chi connectivity index (χ0v) is 8.69. The maximum absolute atomic E-state index is 11.6. The van der Waals surface area contributed by atoms with E-state index in [-0.39, 0.29) is 11.7 Å². The Labute approximate surface area is 90.9 Å². The van der Waals surface area contributed by atoms with Gasteiger partial charge in [0.25, 0.3) is 5.91 Å². The Morgan fingerprint density at radius 1 is 1.56 bits per heavy atom. The number of hydrazine groups is 1. The second-order valence-electron chi connectivity index (χ2n) is 3.38. The second kappa shape index (κ2) is 4.17. The number of aryl methyl sites for hydroxylation is 1. The number of amides is 3. The molecule has 0 atom stereocenters. The summed E-state index contributed by atoms with van der Waals surface area (Å²) in [5.41, 5.74) is 2.90. The molecule has 1 aliphatic heterocycles. The molecule has 1 aliphatic rings. The zero-order chi connectivity index (χ0) is 11.5. The number of nitrogens with zero attached hydrogens (tertiary/aromatic N) is 3. The van der Waals surface area contributed by atoms with E-state index in [1.165, 1.54) is 5.01 Å². The molecule has 0 aliphatic carbocycles. The number of hydrogen-bond acceptors (Lipinski definition) is 5. The molecule has 2 rings (SSSR count). The molecule has 8 nitrogen and oxygen atoms in total. The van der Waals surface area contributed by atoms with Gasteiger partial charge in [0.2, 0.25) is 0 Å². The van der Waals surface area contributed by atoms with Gasteiger partial charge in [-0.1, -0.05) is 5.16 Å². The monoisotopic (exact) mass is 225 g/mol. The second-order valence-corrected chi connectivity index (χ2v) is 3.38. The Morgan fingerprint density at radius 2 is 2.38 bits per heavy atom. The van der Waals surface area contributed by atoms with Crippen LogP contribution in [0.25, 0.3) is 0 Å². The normalized spacial score (nSPS) is 15.8. The van der Waals surface area contributed by atoms with Crippen LogP contribution in [0.15, 0.2) is 4.63 Å². The average molecular weight is 225 g/mol. The molecule has 86 valence electrons. The summed E-state index contributed by atoms with van der Waals surface area (Å²) in [7, 11) is 0. The molecule has 1 aromatic rings. The molecule has 1 fully saturated rings. The molecule has 0 unspecified atom stereocenters. The molecule has 3 amide bonds. The van der Waals surface area contributed by atoms with E-state index in [2.05, 4.69) is 25.7 Å². The van der Waals surface area contributed by atoms with E-state index in [9.17, 15) is 9.59 Å². The summed E-state index contributed by atoms with van der Waals surface area (Å²) in [5.74, 6) is -0.504. The summed E-state index contributed by atoms with van der Waals surface area (Å²) in [5, 5.41) is 10.8. The molecule has 2 heterocycles. The van der Waals surface area contributed by atoms with Crippen LogP contribution >= 0.6 is 0 Å². The maximum Gasteiger partial charge on any atom is 0.336 e. The summed E-state index contributed by atoms with van der Waals surface area (Å²) in [6.07, 6.45) is 0.780. The van der Waals surface area contributed by atoms with E-state index < -0.39 is 5.91 Å². The number of aromatic nitrogens is 2. The van der Waals surface area contributed by atoms with Crippen LogP contribution in [-0.2, 0) is 0 Å². The number of carbonyl (C=O) groups excluding carboxylic acids is 2. The summed E-state index contributed by atoms with van der Waals surface area (Å²) in [4.78, 5) is 23.0. The van der Waals surface area contributed by atoms with Crippen LogP contribution in [0.3, 0.4) is 0 Å². The van der Waals surface area contributed by atoms with Crippen LogP contribution in [0, 0.1) is 6.92 Å². The quantitative estimate of drug-likeness (QED) is 0.702. The van der Waals surface area contributed by atoms with Crippen molar-refractivity contribution in [2.45, 2.75) is 13.3 Å². The molecule has 0 aromatic carbocycles. The van der Waals surface area contributed by atoms with Gasteiger partial charge in [0.1, 0.15) is 5.69 Å². The molecule has 0 radical (unpaired) electrons. The van der Waals surface area contributed by atoms with Crippen molar-refractivity contribution in [1.29, 1.82) is 0 Å². The van der Waals surface area contributed by atoms with Crippen LogP contribution in [-0.4, -0.2) is 40.4 Å². The Morgan fingerprint density at radius 3 is 3.00 bits per heavy atom. The predicted molar refractivity (Wildman–Crippen MR) is 51.2 cm³/mol. The van der Waals surface area contributed by atoms with Crippen molar-refractivity contribution in [3.63, 3.8) is 0 Å². The van der Waals surface area contributed by atoms with Crippen molar-refractivity contribution in [3.8, 4) is 0 Å². The molecule has 1 aromatic heterocycles. The summed E-state index contributed by atoms with van der Waals surface area (Å²) >= 11 is 0. The van der Waals surface area contributed by atoms with Crippen molar-refractivity contribution in [2.24, 2.45) is 0 Å². The minimum Gasteiger partial charge on any atom is -0.336 e. The highest BCUT2D eigenvalue weighted by Gasteiger charge is 2.22. The first-order valence-corrected chi connectivity index (χ1v) is 4.84. The fraction of sp³-hybridized carbons (Fsp3) is 0.500. The van der Waals surface area contributed by atoms with Gasteiger partial charge in [0.05, 0.1) is 0 Å². The van der Waals surface area contributed by atoms with Crippen LogP contribution in [0.5, 0.6) is 0 Å². The van der Waals surface area contributed by atoms with Crippen molar-refractivity contribution in [3.05, 3.63) is 11.4 Å². The Kier molecular flexibility index (Phi) is 2.71. The minimum atomic E-state index is -0.504. The molecule has 0 bridgehead atoms. The van der Waals surface area contributed by atoms with Gasteiger partial charge < -0.3 is 5.32 Å². The summed E-state index contributed by atoms with van der Waals surface area (Å²) in [6, 6.07) is -0.325. The molecule has 1 saturated heterocycles. The van der Waals surface area contributed by atoms with Crippen molar-refractivity contribution in [1.82, 2.24) is 26.1 Å². The fourth-order valence-electron chi connectivity index (χ4n) is 1.35. The van der Waals surface area contributed by atoms with Crippen molar-refractivity contribution < 1.29 is 14.2 Å². The summed E-state index contributed by atoms with van der Waals surface area (Å²) < 4.78 is 4.40. The lowest BCUT2D eigenvalue weighted by atomic mass is 10.3. The maximum atomic E-state index is 11.6. The number of urea groups is 1. The number of rotatable bonds is 2. The molecule has 16 heavy (non-hydrogen) atoms. The van der Waals surface area contributed by atoms with Crippen LogP contribution in [0.4, 0.5) is 4.79 Å². The van der Waals surface area contributed by atoms with E-state index >= 15 is 0 Å². The first kappa shape index (κ1) is 10.4. The molecular formula is C8H11N5O3. The highest BCUT2D eigenvalue weighted by atomic mass is 16.6. The Hall–Kier alpha value is -2.12. The lowest BCUT2D eigenvalue weighted by Crippen LogP contribution is -2.54. The van der Waals surface area contributed by atoms with Gasteiger partial charge >= 0.3 is 6.03 Å². The smallest absolute Gasteiger partial charge is 0.336 e. The lowest BCUT2D eigenvalue weighted by Gasteiger charge is -2.26. The van der Waals surface area contributed by atoms with Gasteiger partial charge in [0.15, 0.2) is 5.69 Å². The van der Waals surface area contributed by atoms with E-state index in [1.54, 1.807) is 6.92 Å². The van der Waals surface area contributed by atoms with Gasteiger partial charge in [0, 0.05) is 13.1 Å². The van der Waals surface area contributed by atoms with Gasteiger partial charge in [-0.25, -0.2) is 14.4 Å². The average Bonchev–Trinajstić information content (AvgIpc) is 2.68. The molecule has 8 heteroatoms. The molecule has 0 spiro atoms. The highest BCUT2D eigenvalue weighted by Crippen LogP contribution is 2.02. The lowest BCUT2D eigenvalue weighted by molar-refractivity contribution is 0.0798.